The minimum absolute atomic E-state index is 0. The maximum Gasteiger partial charge on any atom is -0.00773 e. The molecule has 3 heteroatoms. The molecule has 0 aromatic rings. The van der Waals surface area contributed by atoms with Crippen LogP contribution < -0.4 is 5.73 Å². The van der Waals surface area contributed by atoms with Crippen LogP contribution in [0.1, 0.15) is 110 Å². The Morgan fingerprint density at radius 1 is 0.429 bits per heavy atom. The van der Waals surface area contributed by atoms with Crippen LogP contribution in [0.4, 0.5) is 0 Å². The first kappa shape index (κ1) is 26.8. The van der Waals surface area contributed by atoms with Crippen LogP contribution in [0.15, 0.2) is 0 Å². The first-order valence-corrected chi connectivity index (χ1v) is 9.12. The summed E-state index contributed by atoms with van der Waals surface area (Å²) < 4.78 is 0. The molecule has 21 heavy (non-hydrogen) atoms. The smallest absolute Gasteiger partial charge is 0.00773 e. The number of unbranched alkanes of at least 4 members (excludes halogenated alkanes) is 15. The normalized spacial score (nSPS) is 10.0. The average molecular weight is 431 g/mol. The van der Waals surface area contributed by atoms with Crippen molar-refractivity contribution in [3.63, 3.8) is 0 Å². The number of nitrogens with two attached hydrogens (primary N) is 1. The van der Waals surface area contributed by atoms with Crippen LogP contribution in [0.25, 0.3) is 0 Å². The predicted molar refractivity (Wildman–Crippen MR) is 109 cm³/mol. The van der Waals surface area contributed by atoms with Crippen molar-refractivity contribution in [2.24, 2.45) is 5.73 Å². The van der Waals surface area contributed by atoms with E-state index in [9.17, 15) is 0 Å². The Bertz CT molecular complexity index is 138. The maximum absolute atomic E-state index is 5.48. The van der Waals surface area contributed by atoms with Crippen LogP contribution in [-0.4, -0.2) is 6.54 Å². The van der Waals surface area contributed by atoms with E-state index in [1.807, 2.05) is 0 Å². The lowest BCUT2D eigenvalue weighted by Gasteiger charge is -2.03. The van der Waals surface area contributed by atoms with Gasteiger partial charge in [0, 0.05) is 0 Å². The number of hydrogen-bond donors (Lipinski definition) is 1. The highest BCUT2D eigenvalue weighted by Gasteiger charge is 1.94. The van der Waals surface area contributed by atoms with Gasteiger partial charge in [-0.05, 0) is 13.0 Å². The molecule has 0 saturated carbocycles. The topological polar surface area (TPSA) is 26.0 Å². The second-order valence-corrected chi connectivity index (χ2v) is 6.09. The van der Waals surface area contributed by atoms with Gasteiger partial charge in [-0.15, -0.1) is 34.0 Å². The molecule has 0 bridgehead atoms. The Kier molecular flexibility index (Phi) is 33.0. The molecule has 0 aromatic heterocycles. The summed E-state index contributed by atoms with van der Waals surface area (Å²) in [7, 11) is 0. The summed E-state index contributed by atoms with van der Waals surface area (Å²) in [5.41, 5.74) is 5.48. The molecule has 0 rings (SSSR count). The third kappa shape index (κ3) is 26.2. The summed E-state index contributed by atoms with van der Waals surface area (Å²) in [6, 6.07) is 0. The van der Waals surface area contributed by atoms with E-state index < -0.39 is 0 Å². The molecule has 0 amide bonds. The van der Waals surface area contributed by atoms with E-state index in [2.05, 4.69) is 6.92 Å². The second-order valence-electron chi connectivity index (χ2n) is 6.09. The summed E-state index contributed by atoms with van der Waals surface area (Å²) in [6.07, 6.45) is 22.9. The van der Waals surface area contributed by atoms with E-state index in [0.29, 0.717) is 0 Å². The molecule has 0 heterocycles. The van der Waals surface area contributed by atoms with Gasteiger partial charge in [0.2, 0.25) is 0 Å². The molecule has 0 atom stereocenters. The molecule has 0 fully saturated rings. The molecule has 0 saturated heterocycles. The Morgan fingerprint density at radius 3 is 0.905 bits per heavy atom. The summed E-state index contributed by atoms with van der Waals surface area (Å²) in [4.78, 5) is 0. The van der Waals surface area contributed by atoms with Gasteiger partial charge in [-0.25, -0.2) is 0 Å². The van der Waals surface area contributed by atoms with Gasteiger partial charge in [0.25, 0.3) is 0 Å². The van der Waals surface area contributed by atoms with Gasteiger partial charge in [-0.3, -0.25) is 0 Å². The highest BCUT2D eigenvalue weighted by molar-refractivity contribution is 8.93. The monoisotopic (exact) mass is 429 g/mol. The molecular formula is C18H41Br2N. The van der Waals surface area contributed by atoms with E-state index in [4.69, 9.17) is 5.73 Å². The van der Waals surface area contributed by atoms with Gasteiger partial charge >= 0.3 is 0 Å². The highest BCUT2D eigenvalue weighted by Crippen LogP contribution is 2.13. The van der Waals surface area contributed by atoms with Gasteiger partial charge in [0.05, 0.1) is 0 Å². The van der Waals surface area contributed by atoms with Crippen molar-refractivity contribution < 1.29 is 0 Å². The largest absolute Gasteiger partial charge is 0.330 e. The molecule has 132 valence electrons. The van der Waals surface area contributed by atoms with Crippen LogP contribution in [0, 0.1) is 0 Å². The van der Waals surface area contributed by atoms with Crippen LogP contribution in [0.5, 0.6) is 0 Å². The molecule has 0 aliphatic rings. The van der Waals surface area contributed by atoms with Crippen molar-refractivity contribution in [3.8, 4) is 0 Å². The lowest BCUT2D eigenvalue weighted by molar-refractivity contribution is 0.530. The van der Waals surface area contributed by atoms with E-state index in [1.54, 1.807) is 0 Å². The summed E-state index contributed by atoms with van der Waals surface area (Å²) >= 11 is 0. The van der Waals surface area contributed by atoms with Crippen LogP contribution in [-0.2, 0) is 0 Å². The SMILES string of the molecule is Br.Br.CCCCCCCCCCCCCCCCCCN. The summed E-state index contributed by atoms with van der Waals surface area (Å²) in [6.45, 7) is 3.16. The van der Waals surface area contributed by atoms with Gasteiger partial charge in [0.1, 0.15) is 0 Å². The van der Waals surface area contributed by atoms with E-state index in [0.717, 1.165) is 6.54 Å². The van der Waals surface area contributed by atoms with E-state index >= 15 is 0 Å². The van der Waals surface area contributed by atoms with Crippen LogP contribution in [0.2, 0.25) is 0 Å². The van der Waals surface area contributed by atoms with Crippen LogP contribution in [0.3, 0.4) is 0 Å². The third-order valence-corrected chi connectivity index (χ3v) is 4.06. The van der Waals surface area contributed by atoms with Gasteiger partial charge in [-0.1, -0.05) is 103 Å². The quantitative estimate of drug-likeness (QED) is 0.254. The second kappa shape index (κ2) is 25.9. The third-order valence-electron chi connectivity index (χ3n) is 4.06. The molecule has 0 aromatic carbocycles. The maximum atomic E-state index is 5.48. The Labute approximate surface area is 155 Å². The van der Waals surface area contributed by atoms with E-state index in [-0.39, 0.29) is 34.0 Å². The first-order chi connectivity index (χ1) is 9.41. The Hall–Kier alpha value is 0.920. The standard InChI is InChI=1S/C18H39N.2BrH/c1-2-3-4-5-6-7-8-9-10-11-12-13-14-15-16-17-18-19;;/h2-19H2,1H3;2*1H. The number of halogens is 2. The highest BCUT2D eigenvalue weighted by atomic mass is 79.9. The number of hydrogen-bond acceptors (Lipinski definition) is 1. The fraction of sp³-hybridized carbons (Fsp3) is 1.00. The molecular weight excluding hydrogens is 390 g/mol. The zero-order chi connectivity index (χ0) is 14.0. The zero-order valence-electron chi connectivity index (χ0n) is 14.4. The lowest BCUT2D eigenvalue weighted by atomic mass is 10.0. The minimum Gasteiger partial charge on any atom is -0.330 e. The molecule has 0 aliphatic carbocycles. The van der Waals surface area contributed by atoms with Gasteiger partial charge in [-0.2, -0.15) is 0 Å². The van der Waals surface area contributed by atoms with Crippen LogP contribution >= 0.6 is 34.0 Å². The minimum atomic E-state index is 0. The van der Waals surface area contributed by atoms with Crippen molar-refractivity contribution >= 4 is 34.0 Å². The predicted octanol–water partition coefficient (Wildman–Crippen LogP) is 7.36. The van der Waals surface area contributed by atoms with Crippen molar-refractivity contribution in [2.45, 2.75) is 110 Å². The molecule has 2 N–H and O–H groups in total. The van der Waals surface area contributed by atoms with Gasteiger partial charge < -0.3 is 5.73 Å². The average Bonchev–Trinajstić information content (AvgIpc) is 2.43. The van der Waals surface area contributed by atoms with Crippen molar-refractivity contribution in [1.29, 1.82) is 0 Å². The fourth-order valence-corrected chi connectivity index (χ4v) is 2.69. The molecule has 0 spiro atoms. The zero-order valence-corrected chi connectivity index (χ0v) is 17.8. The Balaban J connectivity index is -0.00000162. The van der Waals surface area contributed by atoms with Crippen molar-refractivity contribution in [3.05, 3.63) is 0 Å². The lowest BCUT2D eigenvalue weighted by Crippen LogP contribution is -1.97. The van der Waals surface area contributed by atoms with E-state index in [1.165, 1.54) is 103 Å². The van der Waals surface area contributed by atoms with Crippen molar-refractivity contribution in [2.75, 3.05) is 6.54 Å². The summed E-state index contributed by atoms with van der Waals surface area (Å²) in [5, 5.41) is 0. The molecule has 1 nitrogen and oxygen atoms in total. The molecule has 0 unspecified atom stereocenters. The fourth-order valence-electron chi connectivity index (χ4n) is 2.69. The van der Waals surface area contributed by atoms with Gasteiger partial charge in [0.15, 0.2) is 0 Å². The summed E-state index contributed by atoms with van der Waals surface area (Å²) in [5.74, 6) is 0. The number of rotatable bonds is 16. The van der Waals surface area contributed by atoms with Crippen molar-refractivity contribution in [1.82, 2.24) is 0 Å². The first-order valence-electron chi connectivity index (χ1n) is 9.12. The molecule has 0 radical (unpaired) electrons. The molecule has 0 aliphatic heterocycles. The Morgan fingerprint density at radius 2 is 0.667 bits per heavy atom.